The summed E-state index contributed by atoms with van der Waals surface area (Å²) in [5, 5.41) is 3.25. The molecule has 0 aliphatic carbocycles. The van der Waals surface area contributed by atoms with E-state index in [0.29, 0.717) is 6.10 Å². The highest BCUT2D eigenvalue weighted by Gasteiger charge is 2.15. The lowest BCUT2D eigenvalue weighted by Gasteiger charge is -2.12. The first-order chi connectivity index (χ1) is 7.36. The zero-order chi connectivity index (χ0) is 10.5. The van der Waals surface area contributed by atoms with Gasteiger partial charge in [-0.2, -0.15) is 0 Å². The van der Waals surface area contributed by atoms with Crippen molar-refractivity contribution < 1.29 is 4.74 Å². The van der Waals surface area contributed by atoms with Gasteiger partial charge in [0.05, 0.1) is 6.10 Å². The second-order valence-electron chi connectivity index (χ2n) is 3.71. The molecule has 3 heteroatoms. The average molecular weight is 221 g/mol. The predicted octanol–water partition coefficient (Wildman–Crippen LogP) is 2.13. The molecular formula is C12H15NOS. The minimum Gasteiger partial charge on any atom is -0.376 e. The SMILES string of the molecule is S=C(NCC1CCCO1)c1ccccc1. The van der Waals surface area contributed by atoms with Gasteiger partial charge in [-0.25, -0.2) is 0 Å². The van der Waals surface area contributed by atoms with E-state index >= 15 is 0 Å². The standard InChI is InChI=1S/C12H15NOS/c15-12(10-5-2-1-3-6-10)13-9-11-7-4-8-14-11/h1-3,5-6,11H,4,7-9H2,(H,13,15). The van der Waals surface area contributed by atoms with E-state index in [1.165, 1.54) is 6.42 Å². The molecule has 1 aromatic rings. The van der Waals surface area contributed by atoms with E-state index in [1.54, 1.807) is 0 Å². The number of rotatable bonds is 3. The van der Waals surface area contributed by atoms with Crippen LogP contribution in [0.4, 0.5) is 0 Å². The molecule has 1 saturated heterocycles. The fourth-order valence-corrected chi connectivity index (χ4v) is 1.92. The molecule has 1 N–H and O–H groups in total. The Hall–Kier alpha value is -0.930. The summed E-state index contributed by atoms with van der Waals surface area (Å²) in [7, 11) is 0. The molecule has 1 unspecified atom stereocenters. The van der Waals surface area contributed by atoms with E-state index in [-0.39, 0.29) is 0 Å². The second kappa shape index (κ2) is 5.24. The molecule has 0 radical (unpaired) electrons. The number of benzene rings is 1. The summed E-state index contributed by atoms with van der Waals surface area (Å²) in [6.45, 7) is 1.72. The van der Waals surface area contributed by atoms with Gasteiger partial charge in [0.15, 0.2) is 0 Å². The summed E-state index contributed by atoms with van der Waals surface area (Å²) >= 11 is 5.29. The second-order valence-corrected chi connectivity index (χ2v) is 4.12. The Bertz CT molecular complexity index is 320. The van der Waals surface area contributed by atoms with E-state index in [1.807, 2.05) is 30.3 Å². The Morgan fingerprint density at radius 3 is 2.87 bits per heavy atom. The summed E-state index contributed by atoms with van der Waals surface area (Å²) in [4.78, 5) is 0.811. The normalized spacial score (nSPS) is 20.1. The highest BCUT2D eigenvalue weighted by atomic mass is 32.1. The van der Waals surface area contributed by atoms with Gasteiger partial charge in [0.25, 0.3) is 0 Å². The number of nitrogens with one attached hydrogen (secondary N) is 1. The average Bonchev–Trinajstić information content (AvgIpc) is 2.80. The predicted molar refractivity (Wildman–Crippen MR) is 65.1 cm³/mol. The first-order valence-corrected chi connectivity index (χ1v) is 5.72. The van der Waals surface area contributed by atoms with Crippen molar-refractivity contribution in [1.82, 2.24) is 5.32 Å². The zero-order valence-corrected chi connectivity index (χ0v) is 9.43. The van der Waals surface area contributed by atoms with Crippen molar-refractivity contribution in [3.05, 3.63) is 35.9 Å². The van der Waals surface area contributed by atoms with Gasteiger partial charge in [-0.3, -0.25) is 0 Å². The van der Waals surface area contributed by atoms with Gasteiger partial charge in [-0.05, 0) is 12.8 Å². The monoisotopic (exact) mass is 221 g/mol. The largest absolute Gasteiger partial charge is 0.376 e. The molecule has 1 aromatic carbocycles. The molecule has 0 aromatic heterocycles. The van der Waals surface area contributed by atoms with E-state index in [2.05, 4.69) is 5.32 Å². The lowest BCUT2D eigenvalue weighted by molar-refractivity contribution is 0.114. The van der Waals surface area contributed by atoms with Crippen molar-refractivity contribution in [2.24, 2.45) is 0 Å². The lowest BCUT2D eigenvalue weighted by Crippen LogP contribution is -2.30. The fourth-order valence-electron chi connectivity index (χ4n) is 1.70. The summed E-state index contributed by atoms with van der Waals surface area (Å²) in [6, 6.07) is 10.0. The first-order valence-electron chi connectivity index (χ1n) is 5.31. The Morgan fingerprint density at radius 2 is 2.20 bits per heavy atom. The Morgan fingerprint density at radius 1 is 1.40 bits per heavy atom. The molecule has 0 saturated carbocycles. The summed E-state index contributed by atoms with van der Waals surface area (Å²) in [5.41, 5.74) is 1.07. The van der Waals surface area contributed by atoms with Crippen molar-refractivity contribution in [2.75, 3.05) is 13.2 Å². The van der Waals surface area contributed by atoms with Crippen molar-refractivity contribution in [3.8, 4) is 0 Å². The molecular weight excluding hydrogens is 206 g/mol. The Kier molecular flexibility index (Phi) is 3.69. The fraction of sp³-hybridized carbons (Fsp3) is 0.417. The van der Waals surface area contributed by atoms with Crippen LogP contribution in [0.15, 0.2) is 30.3 Å². The number of hydrogen-bond donors (Lipinski definition) is 1. The molecule has 2 rings (SSSR count). The Labute approximate surface area is 95.6 Å². The van der Waals surface area contributed by atoms with Gasteiger partial charge < -0.3 is 10.1 Å². The maximum absolute atomic E-state index is 5.52. The van der Waals surface area contributed by atoms with Crippen LogP contribution in [0.5, 0.6) is 0 Å². The third-order valence-electron chi connectivity index (χ3n) is 2.55. The van der Waals surface area contributed by atoms with Crippen LogP contribution in [-0.2, 0) is 4.74 Å². The van der Waals surface area contributed by atoms with Crippen molar-refractivity contribution in [2.45, 2.75) is 18.9 Å². The van der Waals surface area contributed by atoms with Crippen LogP contribution < -0.4 is 5.32 Å². The van der Waals surface area contributed by atoms with Gasteiger partial charge in [-0.1, -0.05) is 42.5 Å². The molecule has 1 fully saturated rings. The summed E-state index contributed by atoms with van der Waals surface area (Å²) in [6.07, 6.45) is 2.65. The van der Waals surface area contributed by atoms with Crippen LogP contribution >= 0.6 is 12.2 Å². The number of hydrogen-bond acceptors (Lipinski definition) is 2. The summed E-state index contributed by atoms with van der Waals surface area (Å²) in [5.74, 6) is 0. The Balaban J connectivity index is 1.82. The number of thiocarbonyl (C=S) groups is 1. The molecule has 1 atom stereocenters. The van der Waals surface area contributed by atoms with Gasteiger partial charge in [0, 0.05) is 18.7 Å². The molecule has 1 aliphatic heterocycles. The zero-order valence-electron chi connectivity index (χ0n) is 8.61. The third-order valence-corrected chi connectivity index (χ3v) is 2.93. The minimum absolute atomic E-state index is 0.340. The number of ether oxygens (including phenoxy) is 1. The summed E-state index contributed by atoms with van der Waals surface area (Å²) < 4.78 is 5.52. The van der Waals surface area contributed by atoms with Crippen LogP contribution in [0.2, 0.25) is 0 Å². The highest BCUT2D eigenvalue weighted by Crippen LogP contribution is 2.11. The quantitative estimate of drug-likeness (QED) is 0.790. The van der Waals surface area contributed by atoms with Crippen LogP contribution in [0, 0.1) is 0 Å². The first kappa shape index (κ1) is 10.6. The molecule has 2 nitrogen and oxygen atoms in total. The van der Waals surface area contributed by atoms with Gasteiger partial charge in [0.1, 0.15) is 4.99 Å². The van der Waals surface area contributed by atoms with Crippen LogP contribution in [0.25, 0.3) is 0 Å². The van der Waals surface area contributed by atoms with E-state index in [9.17, 15) is 0 Å². The minimum atomic E-state index is 0.340. The van der Waals surface area contributed by atoms with Crippen LogP contribution in [-0.4, -0.2) is 24.2 Å². The van der Waals surface area contributed by atoms with Gasteiger partial charge in [-0.15, -0.1) is 0 Å². The molecule has 0 bridgehead atoms. The third kappa shape index (κ3) is 3.01. The van der Waals surface area contributed by atoms with E-state index in [4.69, 9.17) is 17.0 Å². The highest BCUT2D eigenvalue weighted by molar-refractivity contribution is 7.80. The lowest BCUT2D eigenvalue weighted by atomic mass is 10.2. The maximum atomic E-state index is 5.52. The van der Waals surface area contributed by atoms with E-state index < -0.39 is 0 Å². The van der Waals surface area contributed by atoms with Crippen molar-refractivity contribution in [1.29, 1.82) is 0 Å². The van der Waals surface area contributed by atoms with Crippen molar-refractivity contribution in [3.63, 3.8) is 0 Å². The smallest absolute Gasteiger partial charge is 0.106 e. The molecule has 1 heterocycles. The molecule has 15 heavy (non-hydrogen) atoms. The van der Waals surface area contributed by atoms with Crippen LogP contribution in [0.3, 0.4) is 0 Å². The van der Waals surface area contributed by atoms with Gasteiger partial charge in [0.2, 0.25) is 0 Å². The topological polar surface area (TPSA) is 21.3 Å². The maximum Gasteiger partial charge on any atom is 0.106 e. The molecule has 0 amide bonds. The van der Waals surface area contributed by atoms with Crippen molar-refractivity contribution >= 4 is 17.2 Å². The molecule has 1 aliphatic rings. The molecule has 80 valence electrons. The van der Waals surface area contributed by atoms with Gasteiger partial charge >= 0.3 is 0 Å². The van der Waals surface area contributed by atoms with E-state index in [0.717, 1.165) is 30.1 Å². The van der Waals surface area contributed by atoms with Crippen LogP contribution in [0.1, 0.15) is 18.4 Å². The molecule has 0 spiro atoms.